The summed E-state index contributed by atoms with van der Waals surface area (Å²) in [6.45, 7) is 4.01. The third-order valence-electron chi connectivity index (χ3n) is 7.51. The summed E-state index contributed by atoms with van der Waals surface area (Å²) >= 11 is 1.56. The van der Waals surface area contributed by atoms with Crippen LogP contribution in [0.4, 0.5) is 13.2 Å². The Labute approximate surface area is 178 Å². The van der Waals surface area contributed by atoms with Crippen LogP contribution < -0.4 is 5.32 Å². The van der Waals surface area contributed by atoms with Crippen LogP contribution >= 0.6 is 11.8 Å². The fraction of sp³-hybridized carbons (Fsp3) is 0.682. The van der Waals surface area contributed by atoms with Gasteiger partial charge in [-0.1, -0.05) is 6.92 Å². The molecule has 30 heavy (non-hydrogen) atoms. The molecule has 0 radical (unpaired) electrons. The van der Waals surface area contributed by atoms with Crippen molar-refractivity contribution in [1.29, 1.82) is 0 Å². The predicted octanol–water partition coefficient (Wildman–Crippen LogP) is 4.42. The van der Waals surface area contributed by atoms with Crippen molar-refractivity contribution in [2.75, 3.05) is 13.2 Å². The quantitative estimate of drug-likeness (QED) is 0.739. The fourth-order valence-corrected chi connectivity index (χ4v) is 7.24. The molecule has 3 aliphatic heterocycles. The van der Waals surface area contributed by atoms with Crippen LogP contribution in [-0.2, 0) is 22.3 Å². The molecule has 1 aliphatic carbocycles. The summed E-state index contributed by atoms with van der Waals surface area (Å²) in [7, 11) is 0. The number of nitrogens with zero attached hydrogens (tertiary/aromatic N) is 1. The Morgan fingerprint density at radius 1 is 1.20 bits per heavy atom. The number of amides is 1. The molecule has 3 heterocycles. The maximum atomic E-state index is 13.5. The highest BCUT2D eigenvalue weighted by atomic mass is 32.2. The monoisotopic (exact) mass is 440 g/mol. The molecule has 3 fully saturated rings. The van der Waals surface area contributed by atoms with Gasteiger partial charge in [-0.25, -0.2) is 0 Å². The lowest BCUT2D eigenvalue weighted by molar-refractivity contribution is -0.137. The number of ether oxygens (including phenoxy) is 1. The van der Waals surface area contributed by atoms with Gasteiger partial charge >= 0.3 is 6.18 Å². The second-order valence-electron chi connectivity index (χ2n) is 9.20. The van der Waals surface area contributed by atoms with E-state index in [1.165, 1.54) is 6.07 Å². The average molecular weight is 441 g/mol. The summed E-state index contributed by atoms with van der Waals surface area (Å²) in [5.41, 5.74) is -0.426. The molecule has 8 heteroatoms. The molecule has 4 nitrogen and oxygen atoms in total. The van der Waals surface area contributed by atoms with Gasteiger partial charge in [0.05, 0.1) is 16.4 Å². The summed E-state index contributed by atoms with van der Waals surface area (Å²) < 4.78 is 44.9. The molecule has 1 amide bonds. The van der Waals surface area contributed by atoms with Gasteiger partial charge in [0, 0.05) is 42.7 Å². The number of thioether (sulfide) groups is 1. The number of hydrogen-bond donors (Lipinski definition) is 1. The van der Waals surface area contributed by atoms with Gasteiger partial charge in [0.25, 0.3) is 0 Å². The summed E-state index contributed by atoms with van der Waals surface area (Å²) in [5.74, 6) is 0.304. The van der Waals surface area contributed by atoms with Gasteiger partial charge in [0.1, 0.15) is 0 Å². The minimum absolute atomic E-state index is 0.00330. The molecule has 4 atom stereocenters. The minimum atomic E-state index is -4.37. The maximum absolute atomic E-state index is 13.5. The highest BCUT2D eigenvalue weighted by Gasteiger charge is 2.60. The zero-order valence-corrected chi connectivity index (χ0v) is 17.8. The van der Waals surface area contributed by atoms with E-state index in [9.17, 15) is 18.0 Å². The normalized spacial score (nSPS) is 34.5. The smallest absolute Gasteiger partial charge is 0.381 e. The van der Waals surface area contributed by atoms with Gasteiger partial charge in [0.15, 0.2) is 0 Å². The Morgan fingerprint density at radius 3 is 2.70 bits per heavy atom. The zero-order valence-electron chi connectivity index (χ0n) is 17.0. The van der Waals surface area contributed by atoms with E-state index in [0.29, 0.717) is 17.6 Å². The van der Waals surface area contributed by atoms with E-state index in [1.54, 1.807) is 17.8 Å². The van der Waals surface area contributed by atoms with Crippen LogP contribution in [0.15, 0.2) is 23.1 Å². The number of halogens is 3. The van der Waals surface area contributed by atoms with Crippen LogP contribution in [0.3, 0.4) is 0 Å². The first kappa shape index (κ1) is 20.6. The van der Waals surface area contributed by atoms with E-state index >= 15 is 0 Å². The van der Waals surface area contributed by atoms with Crippen LogP contribution in [-0.4, -0.2) is 41.5 Å². The van der Waals surface area contributed by atoms with Gasteiger partial charge < -0.3 is 15.0 Å². The van der Waals surface area contributed by atoms with Crippen molar-refractivity contribution in [3.63, 3.8) is 0 Å². The molecule has 1 aromatic rings. The van der Waals surface area contributed by atoms with E-state index < -0.39 is 17.2 Å². The van der Waals surface area contributed by atoms with Crippen molar-refractivity contribution >= 4 is 17.7 Å². The highest BCUT2D eigenvalue weighted by molar-refractivity contribution is 8.00. The van der Waals surface area contributed by atoms with Crippen LogP contribution in [0.25, 0.3) is 0 Å². The van der Waals surface area contributed by atoms with Gasteiger partial charge in [-0.15, -0.1) is 11.8 Å². The molecular formula is C22H27F3N2O2S. The Balaban J connectivity index is 1.34. The summed E-state index contributed by atoms with van der Waals surface area (Å²) in [6, 6.07) is 4.72. The van der Waals surface area contributed by atoms with Gasteiger partial charge in [-0.05, 0) is 55.9 Å². The van der Waals surface area contributed by atoms with Gasteiger partial charge in [0.2, 0.25) is 5.91 Å². The summed E-state index contributed by atoms with van der Waals surface area (Å²) in [4.78, 5) is 16.3. The second-order valence-corrected chi connectivity index (χ2v) is 10.4. The van der Waals surface area contributed by atoms with E-state index in [-0.39, 0.29) is 23.7 Å². The molecule has 0 aromatic heterocycles. The molecule has 1 saturated carbocycles. The molecule has 0 bridgehead atoms. The predicted molar refractivity (Wildman–Crippen MR) is 108 cm³/mol. The van der Waals surface area contributed by atoms with Crippen LogP contribution in [0.2, 0.25) is 0 Å². The van der Waals surface area contributed by atoms with Crippen LogP contribution in [0, 0.1) is 11.3 Å². The molecule has 1 aromatic carbocycles. The largest absolute Gasteiger partial charge is 0.416 e. The molecule has 2 unspecified atom stereocenters. The lowest BCUT2D eigenvalue weighted by atomic mass is 9.76. The third-order valence-corrected chi connectivity index (χ3v) is 9.07. The lowest BCUT2D eigenvalue weighted by Crippen LogP contribution is -2.42. The Morgan fingerprint density at radius 2 is 1.97 bits per heavy atom. The molecule has 4 aliphatic rings. The molecular weight excluding hydrogens is 413 g/mol. The number of nitrogens with one attached hydrogen (secondary N) is 1. The number of hydrogen-bond acceptors (Lipinski definition) is 4. The molecule has 2 saturated heterocycles. The molecule has 164 valence electrons. The first-order valence-electron chi connectivity index (χ1n) is 10.8. The number of carbonyl (C=O) groups is 1. The molecule has 5 rings (SSSR count). The number of fused-ring (bicyclic) bond motifs is 2. The molecule has 1 N–H and O–H groups in total. The summed E-state index contributed by atoms with van der Waals surface area (Å²) in [6.07, 6.45) is 0.301. The standard InChI is InChI=1S/C22H27F3N2O2S/c1-13-19-27(12-14-10-15(22(23,24)25)2-3-18(14)30-19)20(28)21(13)7-4-17(11-21)26-16-5-8-29-9-6-16/h2-3,10,13,16-17,19,26H,4-9,11-12H2,1H3/t13?,17-,19?,21+/m1/s1. The Hall–Kier alpha value is -1.25. The number of benzene rings is 1. The van der Waals surface area contributed by atoms with Gasteiger partial charge in [-0.3, -0.25) is 4.79 Å². The second kappa shape index (κ2) is 7.41. The lowest BCUT2D eigenvalue weighted by Gasteiger charge is -2.33. The van der Waals surface area contributed by atoms with E-state index in [1.807, 2.05) is 4.90 Å². The first-order chi connectivity index (χ1) is 14.3. The molecule has 1 spiro atoms. The van der Waals surface area contributed by atoms with Crippen LogP contribution in [0.5, 0.6) is 0 Å². The van der Waals surface area contributed by atoms with Crippen molar-refractivity contribution in [3.8, 4) is 0 Å². The minimum Gasteiger partial charge on any atom is -0.381 e. The fourth-order valence-electron chi connectivity index (χ4n) is 5.80. The van der Waals surface area contributed by atoms with Crippen molar-refractivity contribution < 1.29 is 22.7 Å². The van der Waals surface area contributed by atoms with E-state index in [0.717, 1.165) is 56.3 Å². The Kier molecular flexibility index (Phi) is 5.10. The van der Waals surface area contributed by atoms with Crippen molar-refractivity contribution in [2.24, 2.45) is 11.3 Å². The number of alkyl halides is 3. The van der Waals surface area contributed by atoms with Gasteiger partial charge in [-0.2, -0.15) is 13.2 Å². The third kappa shape index (κ3) is 3.35. The maximum Gasteiger partial charge on any atom is 0.416 e. The average Bonchev–Trinajstić information content (AvgIpc) is 3.23. The highest BCUT2D eigenvalue weighted by Crippen LogP contribution is 2.58. The number of rotatable bonds is 2. The first-order valence-corrected chi connectivity index (χ1v) is 11.7. The SMILES string of the molecule is CC1C2Sc3ccc(C(F)(F)F)cc3CN2C(=O)[C@]12CC[C@@H](NC1CCOCC1)C2. The zero-order chi connectivity index (χ0) is 21.1. The van der Waals surface area contributed by atoms with E-state index in [4.69, 9.17) is 4.74 Å². The number of carbonyl (C=O) groups excluding carboxylic acids is 1. The topological polar surface area (TPSA) is 41.6 Å². The van der Waals surface area contributed by atoms with Crippen molar-refractivity contribution in [1.82, 2.24) is 10.2 Å². The Bertz CT molecular complexity index is 842. The van der Waals surface area contributed by atoms with Crippen LogP contribution in [0.1, 0.15) is 50.2 Å². The van der Waals surface area contributed by atoms with Crippen molar-refractivity contribution in [3.05, 3.63) is 29.3 Å². The van der Waals surface area contributed by atoms with Crippen molar-refractivity contribution in [2.45, 2.75) is 74.1 Å². The summed E-state index contributed by atoms with van der Waals surface area (Å²) in [5, 5.41) is 3.75. The van der Waals surface area contributed by atoms with E-state index in [2.05, 4.69) is 12.2 Å².